The summed E-state index contributed by atoms with van der Waals surface area (Å²) >= 11 is 4.61. The summed E-state index contributed by atoms with van der Waals surface area (Å²) in [6.07, 6.45) is 1.51. The molecule has 0 spiro atoms. The van der Waals surface area contributed by atoms with Crippen LogP contribution in [0.1, 0.15) is 33.1 Å². The Bertz CT molecular complexity index is 253. The predicted octanol–water partition coefficient (Wildman–Crippen LogP) is 1.38. The summed E-state index contributed by atoms with van der Waals surface area (Å²) in [4.78, 5) is 22.1. The van der Waals surface area contributed by atoms with Gasteiger partial charge in [-0.25, -0.2) is 0 Å². The standard InChI is InChI=1S/C10H17NO3S/c1-3-4-9(13)8(10(14)15)5-6-11-7(2)12/h8H,3-6H2,1-2H3,(H,11,12)(H,14,15). The SMILES string of the molecule is CCCC(=O)C(CCNC(C)=O)C(O)=S. The molecule has 0 aliphatic heterocycles. The number of hydrogen-bond acceptors (Lipinski definition) is 3. The van der Waals surface area contributed by atoms with Crippen molar-refractivity contribution in [2.45, 2.75) is 33.1 Å². The van der Waals surface area contributed by atoms with E-state index < -0.39 is 5.92 Å². The fraction of sp³-hybridized carbons (Fsp3) is 0.700. The van der Waals surface area contributed by atoms with Crippen LogP contribution in [0.2, 0.25) is 0 Å². The van der Waals surface area contributed by atoms with E-state index in [2.05, 4.69) is 17.5 Å². The van der Waals surface area contributed by atoms with Gasteiger partial charge in [-0.1, -0.05) is 6.92 Å². The summed E-state index contributed by atoms with van der Waals surface area (Å²) in [6.45, 7) is 3.65. The van der Waals surface area contributed by atoms with Gasteiger partial charge in [0.05, 0.1) is 5.92 Å². The Morgan fingerprint density at radius 1 is 1.47 bits per heavy atom. The van der Waals surface area contributed by atoms with Gasteiger partial charge in [0, 0.05) is 19.9 Å². The van der Waals surface area contributed by atoms with Crippen molar-refractivity contribution in [3.63, 3.8) is 0 Å². The Kier molecular flexibility index (Phi) is 6.86. The molecule has 5 heteroatoms. The first-order valence-electron chi connectivity index (χ1n) is 4.99. The second kappa shape index (κ2) is 7.34. The fourth-order valence-corrected chi connectivity index (χ4v) is 1.48. The molecule has 2 N–H and O–H groups in total. The minimum absolute atomic E-state index is 0.0599. The van der Waals surface area contributed by atoms with Crippen molar-refractivity contribution in [3.05, 3.63) is 0 Å². The van der Waals surface area contributed by atoms with E-state index in [0.717, 1.165) is 6.42 Å². The normalized spacial score (nSPS) is 11.9. The maximum atomic E-state index is 11.5. The fourth-order valence-electron chi connectivity index (χ4n) is 1.24. The average Bonchev–Trinajstić information content (AvgIpc) is 2.11. The maximum Gasteiger partial charge on any atom is 0.216 e. The molecule has 0 aromatic rings. The van der Waals surface area contributed by atoms with Crippen LogP contribution in [0.15, 0.2) is 0 Å². The van der Waals surface area contributed by atoms with Gasteiger partial charge in [-0.05, 0) is 25.1 Å². The predicted molar refractivity (Wildman–Crippen MR) is 61.9 cm³/mol. The summed E-state index contributed by atoms with van der Waals surface area (Å²) in [6, 6.07) is 0. The molecule has 4 nitrogen and oxygen atoms in total. The molecule has 0 aliphatic rings. The van der Waals surface area contributed by atoms with Crippen LogP contribution in [0.3, 0.4) is 0 Å². The van der Waals surface area contributed by atoms with Gasteiger partial charge >= 0.3 is 0 Å². The molecule has 0 rings (SSSR count). The number of aliphatic hydroxyl groups is 1. The highest BCUT2D eigenvalue weighted by Gasteiger charge is 2.21. The molecule has 0 fully saturated rings. The summed E-state index contributed by atoms with van der Waals surface area (Å²) in [5.41, 5.74) is 0. The van der Waals surface area contributed by atoms with Gasteiger partial charge in [0.25, 0.3) is 0 Å². The first kappa shape index (κ1) is 14.0. The van der Waals surface area contributed by atoms with E-state index in [-0.39, 0.29) is 16.7 Å². The Morgan fingerprint density at radius 3 is 2.47 bits per heavy atom. The highest BCUT2D eigenvalue weighted by atomic mass is 32.1. The van der Waals surface area contributed by atoms with Gasteiger partial charge in [-0.2, -0.15) is 0 Å². The van der Waals surface area contributed by atoms with E-state index in [1.807, 2.05) is 6.92 Å². The Balaban J connectivity index is 4.10. The van der Waals surface area contributed by atoms with Crippen molar-refractivity contribution in [2.75, 3.05) is 6.54 Å². The Hall–Kier alpha value is -0.970. The summed E-state index contributed by atoms with van der Waals surface area (Å²) in [5.74, 6) is -0.831. The lowest BCUT2D eigenvalue weighted by Gasteiger charge is -2.12. The lowest BCUT2D eigenvalue weighted by Crippen LogP contribution is -2.29. The second-order valence-electron chi connectivity index (χ2n) is 3.38. The maximum absolute atomic E-state index is 11.5. The molecule has 0 saturated carbocycles. The lowest BCUT2D eigenvalue weighted by molar-refractivity contribution is -0.122. The summed E-state index contributed by atoms with van der Waals surface area (Å²) in [5, 5.41) is 11.5. The van der Waals surface area contributed by atoms with E-state index in [1.165, 1.54) is 6.92 Å². The van der Waals surface area contributed by atoms with Gasteiger partial charge in [0.1, 0.15) is 5.78 Å². The van der Waals surface area contributed by atoms with Gasteiger partial charge in [-0.3, -0.25) is 9.59 Å². The van der Waals surface area contributed by atoms with E-state index in [4.69, 9.17) is 0 Å². The minimum Gasteiger partial charge on any atom is -0.501 e. The molecular weight excluding hydrogens is 214 g/mol. The largest absolute Gasteiger partial charge is 0.501 e. The Morgan fingerprint density at radius 2 is 2.07 bits per heavy atom. The molecule has 0 bridgehead atoms. The van der Waals surface area contributed by atoms with E-state index in [1.54, 1.807) is 0 Å². The molecule has 0 radical (unpaired) electrons. The number of aliphatic hydroxyl groups excluding tert-OH is 1. The molecular formula is C10H17NO3S. The summed E-state index contributed by atoms with van der Waals surface area (Å²) in [7, 11) is 0. The van der Waals surface area contributed by atoms with Crippen molar-refractivity contribution in [2.24, 2.45) is 5.92 Å². The van der Waals surface area contributed by atoms with Crippen molar-refractivity contribution in [3.8, 4) is 0 Å². The number of thiocarbonyl (C=S) groups is 1. The second-order valence-corrected chi connectivity index (χ2v) is 3.80. The topological polar surface area (TPSA) is 66.4 Å². The molecule has 0 aliphatic carbocycles. The zero-order valence-corrected chi connectivity index (χ0v) is 9.89. The van der Waals surface area contributed by atoms with Gasteiger partial charge in [0.15, 0.2) is 5.05 Å². The van der Waals surface area contributed by atoms with Crippen LogP contribution in [-0.2, 0) is 9.59 Å². The molecule has 0 aromatic carbocycles. The first-order valence-corrected chi connectivity index (χ1v) is 5.39. The van der Waals surface area contributed by atoms with E-state index in [9.17, 15) is 14.7 Å². The molecule has 0 aromatic heterocycles. The quantitative estimate of drug-likeness (QED) is 0.650. The molecule has 15 heavy (non-hydrogen) atoms. The van der Waals surface area contributed by atoms with Crippen molar-refractivity contribution < 1.29 is 14.7 Å². The van der Waals surface area contributed by atoms with Crippen LogP contribution < -0.4 is 5.32 Å². The number of nitrogens with one attached hydrogen (secondary N) is 1. The van der Waals surface area contributed by atoms with Gasteiger partial charge in [-0.15, -0.1) is 0 Å². The monoisotopic (exact) mass is 231 g/mol. The number of carbonyl (C=O) groups is 2. The zero-order chi connectivity index (χ0) is 11.8. The molecule has 0 saturated heterocycles. The third kappa shape index (κ3) is 6.17. The summed E-state index contributed by atoms with van der Waals surface area (Å²) < 4.78 is 0. The average molecular weight is 231 g/mol. The lowest BCUT2D eigenvalue weighted by atomic mass is 9.98. The minimum atomic E-state index is -0.619. The third-order valence-electron chi connectivity index (χ3n) is 1.99. The molecule has 1 amide bonds. The van der Waals surface area contributed by atoms with Gasteiger partial charge in [0.2, 0.25) is 5.91 Å². The molecule has 1 atom stereocenters. The van der Waals surface area contributed by atoms with Crippen molar-refractivity contribution >= 4 is 29.0 Å². The number of amides is 1. The number of rotatable bonds is 7. The van der Waals surface area contributed by atoms with Crippen LogP contribution >= 0.6 is 12.2 Å². The zero-order valence-electron chi connectivity index (χ0n) is 9.08. The van der Waals surface area contributed by atoms with Crippen LogP contribution in [0.4, 0.5) is 0 Å². The molecule has 86 valence electrons. The van der Waals surface area contributed by atoms with Crippen LogP contribution in [-0.4, -0.2) is 28.4 Å². The van der Waals surface area contributed by atoms with Crippen LogP contribution in [0.5, 0.6) is 0 Å². The van der Waals surface area contributed by atoms with Crippen LogP contribution in [0.25, 0.3) is 0 Å². The molecule has 1 unspecified atom stereocenters. The number of carbonyl (C=O) groups excluding carboxylic acids is 2. The third-order valence-corrected chi connectivity index (χ3v) is 2.27. The van der Waals surface area contributed by atoms with Crippen LogP contribution in [0, 0.1) is 5.92 Å². The number of ketones is 1. The first-order chi connectivity index (χ1) is 6.99. The van der Waals surface area contributed by atoms with Crippen molar-refractivity contribution in [1.29, 1.82) is 0 Å². The molecule has 0 heterocycles. The highest BCUT2D eigenvalue weighted by Crippen LogP contribution is 2.09. The van der Waals surface area contributed by atoms with Gasteiger partial charge < -0.3 is 10.4 Å². The number of hydrogen-bond donors (Lipinski definition) is 2. The van der Waals surface area contributed by atoms with Crippen molar-refractivity contribution in [1.82, 2.24) is 5.32 Å². The highest BCUT2D eigenvalue weighted by molar-refractivity contribution is 7.80. The number of Topliss-reactive ketones (excluding diaryl/α,β-unsaturated/α-hetero) is 1. The van der Waals surface area contributed by atoms with E-state index >= 15 is 0 Å². The smallest absolute Gasteiger partial charge is 0.216 e. The van der Waals surface area contributed by atoms with E-state index in [0.29, 0.717) is 19.4 Å². The Labute approximate surface area is 95.0 Å².